The fraction of sp³-hybridized carbons (Fsp3) is 0.611. The number of rotatable bonds is 8. The second-order valence-corrected chi connectivity index (χ2v) is 15.6. The third kappa shape index (κ3) is 5.56. The summed E-state index contributed by atoms with van der Waals surface area (Å²) < 4.78 is 15.2. The van der Waals surface area contributed by atoms with Crippen LogP contribution in [0.2, 0.25) is 0 Å². The van der Waals surface area contributed by atoms with E-state index in [9.17, 15) is 5.26 Å². The van der Waals surface area contributed by atoms with Crippen LogP contribution < -0.4 is 5.73 Å². The first-order chi connectivity index (χ1) is 21.8. The van der Waals surface area contributed by atoms with Gasteiger partial charge in [0.05, 0.1) is 34.1 Å². The molecule has 2 saturated carbocycles. The van der Waals surface area contributed by atoms with Crippen molar-refractivity contribution in [2.45, 2.75) is 122 Å². The summed E-state index contributed by atoms with van der Waals surface area (Å²) in [4.78, 5) is 19.9. The Bertz CT molecular complexity index is 1790. The number of nitrogen functional groups attached to an aromatic ring is 1. The molecule has 46 heavy (non-hydrogen) atoms. The van der Waals surface area contributed by atoms with Crippen molar-refractivity contribution in [2.24, 2.45) is 11.8 Å². The molecule has 4 atom stereocenters. The van der Waals surface area contributed by atoms with Gasteiger partial charge in [0.1, 0.15) is 35.8 Å². The first-order valence-electron chi connectivity index (χ1n) is 16.9. The quantitative estimate of drug-likeness (QED) is 0.235. The summed E-state index contributed by atoms with van der Waals surface area (Å²) in [6.45, 7) is 16.3. The van der Waals surface area contributed by atoms with E-state index < -0.39 is 5.79 Å². The molecular formula is C36H48N8O2. The van der Waals surface area contributed by atoms with Crippen LogP contribution >= 0.6 is 0 Å². The number of hydrogen-bond acceptors (Lipinski definition) is 8. The zero-order valence-corrected chi connectivity index (χ0v) is 28.2. The van der Waals surface area contributed by atoms with Crippen molar-refractivity contribution >= 4 is 27.9 Å². The maximum Gasteiger partial charge on any atom is 0.163 e. The van der Waals surface area contributed by atoms with Gasteiger partial charge in [-0.2, -0.15) is 5.26 Å². The highest BCUT2D eigenvalue weighted by Crippen LogP contribution is 2.49. The van der Waals surface area contributed by atoms with Gasteiger partial charge in [0.25, 0.3) is 0 Å². The predicted octanol–water partition coefficient (Wildman–Crippen LogP) is 6.26. The Balaban J connectivity index is 1.03. The van der Waals surface area contributed by atoms with Gasteiger partial charge in [0.2, 0.25) is 0 Å². The monoisotopic (exact) mass is 624 g/mol. The summed E-state index contributed by atoms with van der Waals surface area (Å²) in [7, 11) is 0. The predicted molar refractivity (Wildman–Crippen MR) is 179 cm³/mol. The molecule has 4 aromatic rings. The maximum atomic E-state index is 9.86. The highest BCUT2D eigenvalue weighted by molar-refractivity contribution is 5.92. The Labute approximate surface area is 271 Å². The van der Waals surface area contributed by atoms with E-state index in [0.717, 1.165) is 42.7 Å². The highest BCUT2D eigenvalue weighted by atomic mass is 16.8. The molecule has 7 rings (SSSR count). The Hall–Kier alpha value is -3.52. The molecule has 0 bridgehead atoms. The molecule has 0 unspecified atom stereocenters. The average molecular weight is 625 g/mol. The number of imidazole rings is 1. The fourth-order valence-corrected chi connectivity index (χ4v) is 8.20. The first kappa shape index (κ1) is 31.1. The number of nitrogens with two attached hydrogens (primary N) is 1. The van der Waals surface area contributed by atoms with Gasteiger partial charge in [-0.15, -0.1) is 0 Å². The number of nitriles is 1. The number of hydrogen-bond donors (Lipinski definition) is 2. The molecule has 0 amide bonds. The average Bonchev–Trinajstić information content (AvgIpc) is 3.70. The van der Waals surface area contributed by atoms with Crippen molar-refractivity contribution in [1.82, 2.24) is 29.4 Å². The standard InChI is InChI=1S/C36H48N8O2/c1-20(2)43(25-12-21(13-25)8-11-29-41-26-10-9-24(35(3,4)5)15-27(26)42-29)17-22-14-28(32-31(22)45-36(6,7)46-32)44-18-23(16-37)30-33(38)39-19-40-34(30)44/h9-10,15,18-22,25,28,31-32H,8,11-14,17H2,1-7H3,(H,41,42)(H2,38,39,40)/t21?,22-,25?,28-,31-,32+/m1/s1. The Morgan fingerprint density at radius 1 is 1.15 bits per heavy atom. The molecule has 3 aliphatic rings. The number of aromatic nitrogens is 5. The molecule has 1 aromatic carbocycles. The molecule has 10 heteroatoms. The van der Waals surface area contributed by atoms with E-state index >= 15 is 0 Å². The third-order valence-corrected chi connectivity index (χ3v) is 10.6. The van der Waals surface area contributed by atoms with Gasteiger partial charge in [-0.1, -0.05) is 26.8 Å². The molecule has 244 valence electrons. The molecular weight excluding hydrogens is 576 g/mol. The molecule has 10 nitrogen and oxygen atoms in total. The SMILES string of the molecule is CC(C)N(C[C@H]1C[C@@H](n2cc(C#N)c3c(N)ncnc32)[C@@H]2OC(C)(C)O[C@H]12)C1CC(CCc2nc3ccc(C(C)(C)C)cc3[nH]2)C1. The highest BCUT2D eigenvalue weighted by Gasteiger charge is 2.55. The lowest BCUT2D eigenvalue weighted by Crippen LogP contribution is -2.51. The summed E-state index contributed by atoms with van der Waals surface area (Å²) in [6, 6.07) is 9.88. The summed E-state index contributed by atoms with van der Waals surface area (Å²) in [6.07, 6.45) is 8.62. The van der Waals surface area contributed by atoms with Gasteiger partial charge in [-0.05, 0) is 82.4 Å². The number of fused-ring (bicyclic) bond motifs is 3. The lowest BCUT2D eigenvalue weighted by molar-refractivity contribution is -0.161. The molecule has 2 aliphatic carbocycles. The molecule has 1 saturated heterocycles. The van der Waals surface area contributed by atoms with Crippen LogP contribution in [0.4, 0.5) is 5.82 Å². The van der Waals surface area contributed by atoms with Crippen LogP contribution in [-0.4, -0.2) is 66.0 Å². The lowest BCUT2D eigenvalue weighted by Gasteiger charge is -2.46. The number of nitrogens with zero attached hydrogens (tertiary/aromatic N) is 6. The molecule has 3 aromatic heterocycles. The number of H-pyrrole nitrogens is 1. The van der Waals surface area contributed by atoms with E-state index in [0.29, 0.717) is 40.4 Å². The van der Waals surface area contributed by atoms with Crippen LogP contribution in [-0.2, 0) is 21.3 Å². The number of nitrogens with one attached hydrogen (secondary N) is 1. The zero-order chi connectivity index (χ0) is 32.5. The van der Waals surface area contributed by atoms with Crippen molar-refractivity contribution in [2.75, 3.05) is 12.3 Å². The van der Waals surface area contributed by atoms with Crippen molar-refractivity contribution in [3.05, 3.63) is 47.7 Å². The van der Waals surface area contributed by atoms with Crippen molar-refractivity contribution < 1.29 is 9.47 Å². The molecule has 0 spiro atoms. The topological polar surface area (TPSA) is 131 Å². The number of aryl methyl sites for hydroxylation is 1. The van der Waals surface area contributed by atoms with Crippen LogP contribution in [0.25, 0.3) is 22.1 Å². The van der Waals surface area contributed by atoms with Crippen LogP contribution in [0.1, 0.15) is 97.1 Å². The molecule has 0 radical (unpaired) electrons. The summed E-state index contributed by atoms with van der Waals surface area (Å²) in [5, 5.41) is 10.5. The van der Waals surface area contributed by atoms with E-state index in [4.69, 9.17) is 20.2 Å². The molecule has 3 fully saturated rings. The van der Waals surface area contributed by atoms with Gasteiger partial charge < -0.3 is 24.8 Å². The van der Waals surface area contributed by atoms with Crippen LogP contribution in [0.15, 0.2) is 30.7 Å². The van der Waals surface area contributed by atoms with Gasteiger partial charge in [0, 0.05) is 37.2 Å². The van der Waals surface area contributed by atoms with Gasteiger partial charge in [-0.25, -0.2) is 15.0 Å². The molecule has 4 heterocycles. The van der Waals surface area contributed by atoms with E-state index in [1.54, 1.807) is 0 Å². The van der Waals surface area contributed by atoms with Gasteiger partial charge in [0.15, 0.2) is 5.79 Å². The van der Waals surface area contributed by atoms with Crippen LogP contribution in [0, 0.1) is 23.2 Å². The van der Waals surface area contributed by atoms with Gasteiger partial charge >= 0.3 is 0 Å². The second kappa shape index (κ2) is 11.3. The minimum absolute atomic E-state index is 0.0119. The van der Waals surface area contributed by atoms with Crippen molar-refractivity contribution in [3.63, 3.8) is 0 Å². The third-order valence-electron chi connectivity index (χ3n) is 10.6. The molecule has 1 aliphatic heterocycles. The lowest BCUT2D eigenvalue weighted by atomic mass is 9.76. The first-order valence-corrected chi connectivity index (χ1v) is 16.9. The summed E-state index contributed by atoms with van der Waals surface area (Å²) in [5.41, 5.74) is 11.0. The smallest absolute Gasteiger partial charge is 0.163 e. The fourth-order valence-electron chi connectivity index (χ4n) is 8.20. The Morgan fingerprint density at radius 2 is 1.91 bits per heavy atom. The normalized spacial score (nSPS) is 27.5. The minimum atomic E-state index is -0.670. The second-order valence-electron chi connectivity index (χ2n) is 15.6. The van der Waals surface area contributed by atoms with E-state index in [1.165, 1.54) is 24.7 Å². The number of anilines is 1. The van der Waals surface area contributed by atoms with Crippen LogP contribution in [0.5, 0.6) is 0 Å². The number of aromatic amines is 1. The van der Waals surface area contributed by atoms with Gasteiger partial charge in [-0.3, -0.25) is 4.90 Å². The molecule has 3 N–H and O–H groups in total. The van der Waals surface area contributed by atoms with Crippen molar-refractivity contribution in [1.29, 1.82) is 5.26 Å². The maximum absolute atomic E-state index is 9.86. The Morgan fingerprint density at radius 3 is 2.63 bits per heavy atom. The Kier molecular flexibility index (Phi) is 7.65. The number of benzene rings is 1. The van der Waals surface area contributed by atoms with E-state index in [-0.39, 0.29) is 29.6 Å². The van der Waals surface area contributed by atoms with E-state index in [2.05, 4.69) is 83.3 Å². The minimum Gasteiger partial charge on any atom is -0.383 e. The summed E-state index contributed by atoms with van der Waals surface area (Å²) in [5.74, 6) is 1.75. The largest absolute Gasteiger partial charge is 0.383 e. The zero-order valence-electron chi connectivity index (χ0n) is 28.2. The number of ether oxygens (including phenoxy) is 2. The van der Waals surface area contributed by atoms with Crippen molar-refractivity contribution in [3.8, 4) is 6.07 Å². The summed E-state index contributed by atoms with van der Waals surface area (Å²) >= 11 is 0. The van der Waals surface area contributed by atoms with Crippen LogP contribution in [0.3, 0.4) is 0 Å². The van der Waals surface area contributed by atoms with E-state index in [1.807, 2.05) is 20.0 Å².